The molecule has 0 fully saturated rings. The molecule has 1 atom stereocenters. The van der Waals surface area contributed by atoms with Crippen LogP contribution in [0.2, 0.25) is 0 Å². The second kappa shape index (κ2) is 6.71. The standard InChI is InChI=1S/C17H25N3/c1-13(2)11-15-5-7-16(8-6-15)17(18-4)12-20-10-9-14(3)19-20/h5-10,13,17-18H,11-12H2,1-4H3. The summed E-state index contributed by atoms with van der Waals surface area (Å²) in [5, 5.41) is 7.83. The van der Waals surface area contributed by atoms with Crippen LogP contribution >= 0.6 is 0 Å². The molecule has 1 aromatic heterocycles. The van der Waals surface area contributed by atoms with E-state index in [0.29, 0.717) is 12.0 Å². The molecule has 0 radical (unpaired) electrons. The van der Waals surface area contributed by atoms with Gasteiger partial charge < -0.3 is 5.32 Å². The SMILES string of the molecule is CNC(Cn1ccc(C)n1)c1ccc(CC(C)C)cc1. The summed E-state index contributed by atoms with van der Waals surface area (Å²) >= 11 is 0. The van der Waals surface area contributed by atoms with Gasteiger partial charge in [-0.25, -0.2) is 0 Å². The molecule has 0 saturated carbocycles. The average molecular weight is 271 g/mol. The topological polar surface area (TPSA) is 29.9 Å². The normalized spacial score (nSPS) is 12.8. The van der Waals surface area contributed by atoms with Crippen molar-refractivity contribution >= 4 is 0 Å². The smallest absolute Gasteiger partial charge is 0.0604 e. The molecule has 1 N–H and O–H groups in total. The monoisotopic (exact) mass is 271 g/mol. The second-order valence-electron chi connectivity index (χ2n) is 5.86. The van der Waals surface area contributed by atoms with Crippen LogP contribution in [0.15, 0.2) is 36.5 Å². The fourth-order valence-corrected chi connectivity index (χ4v) is 2.47. The lowest BCUT2D eigenvalue weighted by atomic mass is 9.99. The minimum Gasteiger partial charge on any atom is -0.311 e. The lowest BCUT2D eigenvalue weighted by molar-refractivity contribution is 0.466. The Bertz CT molecular complexity index is 525. The van der Waals surface area contributed by atoms with E-state index in [1.54, 1.807) is 0 Å². The van der Waals surface area contributed by atoms with Gasteiger partial charge in [-0.3, -0.25) is 4.68 Å². The molecule has 3 nitrogen and oxygen atoms in total. The van der Waals surface area contributed by atoms with Crippen LogP contribution in [0, 0.1) is 12.8 Å². The molecule has 2 aromatic rings. The van der Waals surface area contributed by atoms with Crippen LogP contribution in [0.4, 0.5) is 0 Å². The van der Waals surface area contributed by atoms with Gasteiger partial charge in [0, 0.05) is 6.20 Å². The van der Waals surface area contributed by atoms with Crippen molar-refractivity contribution in [3.05, 3.63) is 53.3 Å². The summed E-state index contributed by atoms with van der Waals surface area (Å²) in [6.07, 6.45) is 3.18. The van der Waals surface area contributed by atoms with Crippen molar-refractivity contribution in [3.8, 4) is 0 Å². The Balaban J connectivity index is 2.07. The van der Waals surface area contributed by atoms with E-state index < -0.39 is 0 Å². The van der Waals surface area contributed by atoms with Gasteiger partial charge >= 0.3 is 0 Å². The first-order valence-electron chi connectivity index (χ1n) is 7.34. The third kappa shape index (κ3) is 3.94. The van der Waals surface area contributed by atoms with E-state index in [1.165, 1.54) is 11.1 Å². The van der Waals surface area contributed by atoms with E-state index in [-0.39, 0.29) is 0 Å². The molecule has 1 unspecified atom stereocenters. The highest BCUT2D eigenvalue weighted by molar-refractivity contribution is 5.25. The lowest BCUT2D eigenvalue weighted by Gasteiger charge is -2.17. The van der Waals surface area contributed by atoms with Crippen LogP contribution < -0.4 is 5.32 Å². The van der Waals surface area contributed by atoms with E-state index in [1.807, 2.05) is 30.9 Å². The number of rotatable bonds is 6. The van der Waals surface area contributed by atoms with Crippen LogP contribution in [0.5, 0.6) is 0 Å². The average Bonchev–Trinajstić information content (AvgIpc) is 2.82. The number of likely N-dealkylation sites (N-methyl/N-ethyl adjacent to an activating group) is 1. The Morgan fingerprint density at radius 3 is 2.35 bits per heavy atom. The van der Waals surface area contributed by atoms with E-state index in [0.717, 1.165) is 18.7 Å². The molecular formula is C17H25N3. The first kappa shape index (κ1) is 14.8. The number of hydrogen-bond donors (Lipinski definition) is 1. The molecule has 0 amide bonds. The van der Waals surface area contributed by atoms with Crippen molar-refractivity contribution in [1.29, 1.82) is 0 Å². The zero-order valence-electron chi connectivity index (χ0n) is 12.9. The van der Waals surface area contributed by atoms with Gasteiger partial charge in [0.05, 0.1) is 18.3 Å². The maximum absolute atomic E-state index is 4.46. The van der Waals surface area contributed by atoms with E-state index >= 15 is 0 Å². The number of aryl methyl sites for hydroxylation is 1. The highest BCUT2D eigenvalue weighted by Crippen LogP contribution is 2.17. The van der Waals surface area contributed by atoms with E-state index in [2.05, 4.69) is 48.5 Å². The van der Waals surface area contributed by atoms with Gasteiger partial charge in [0.15, 0.2) is 0 Å². The maximum atomic E-state index is 4.46. The summed E-state index contributed by atoms with van der Waals surface area (Å²) in [5.74, 6) is 0.702. The quantitative estimate of drug-likeness (QED) is 0.873. The van der Waals surface area contributed by atoms with Gasteiger partial charge in [0.25, 0.3) is 0 Å². The first-order chi connectivity index (χ1) is 9.58. The summed E-state index contributed by atoms with van der Waals surface area (Å²) in [7, 11) is 2.00. The molecule has 0 spiro atoms. The van der Waals surface area contributed by atoms with Crippen molar-refractivity contribution in [2.45, 2.75) is 39.8 Å². The Hall–Kier alpha value is -1.61. The second-order valence-corrected chi connectivity index (χ2v) is 5.86. The zero-order valence-corrected chi connectivity index (χ0v) is 12.9. The Morgan fingerprint density at radius 2 is 1.85 bits per heavy atom. The molecule has 3 heteroatoms. The number of nitrogens with zero attached hydrogens (tertiary/aromatic N) is 2. The van der Waals surface area contributed by atoms with Crippen molar-refractivity contribution in [2.24, 2.45) is 5.92 Å². The van der Waals surface area contributed by atoms with Crippen molar-refractivity contribution < 1.29 is 0 Å². The molecule has 0 saturated heterocycles. The Kier molecular flexibility index (Phi) is 4.96. The molecule has 0 bridgehead atoms. The highest BCUT2D eigenvalue weighted by atomic mass is 15.3. The van der Waals surface area contributed by atoms with Gasteiger partial charge in [0.1, 0.15) is 0 Å². The van der Waals surface area contributed by atoms with Crippen LogP contribution in [-0.4, -0.2) is 16.8 Å². The molecule has 20 heavy (non-hydrogen) atoms. The highest BCUT2D eigenvalue weighted by Gasteiger charge is 2.10. The molecule has 108 valence electrons. The molecule has 2 rings (SSSR count). The van der Waals surface area contributed by atoms with Crippen LogP contribution in [-0.2, 0) is 13.0 Å². The molecule has 0 aliphatic carbocycles. The van der Waals surface area contributed by atoms with Gasteiger partial charge in [-0.1, -0.05) is 38.1 Å². The third-order valence-corrected chi connectivity index (χ3v) is 3.52. The fraction of sp³-hybridized carbons (Fsp3) is 0.471. The summed E-state index contributed by atoms with van der Waals surface area (Å²) in [6.45, 7) is 7.38. The maximum Gasteiger partial charge on any atom is 0.0604 e. The summed E-state index contributed by atoms with van der Waals surface area (Å²) in [4.78, 5) is 0. The Morgan fingerprint density at radius 1 is 1.15 bits per heavy atom. The molecular weight excluding hydrogens is 246 g/mol. The minimum absolute atomic E-state index is 0.294. The number of aromatic nitrogens is 2. The van der Waals surface area contributed by atoms with Gasteiger partial charge in [-0.2, -0.15) is 5.10 Å². The molecule has 0 aliphatic heterocycles. The molecule has 1 aromatic carbocycles. The predicted octanol–water partition coefficient (Wildman–Crippen LogP) is 3.35. The summed E-state index contributed by atoms with van der Waals surface area (Å²) in [5.41, 5.74) is 3.79. The van der Waals surface area contributed by atoms with Crippen molar-refractivity contribution in [1.82, 2.24) is 15.1 Å². The third-order valence-electron chi connectivity index (χ3n) is 3.52. The van der Waals surface area contributed by atoms with Gasteiger partial charge in [-0.05, 0) is 43.5 Å². The fourth-order valence-electron chi connectivity index (χ4n) is 2.47. The number of benzene rings is 1. The van der Waals surface area contributed by atoms with Gasteiger partial charge in [-0.15, -0.1) is 0 Å². The first-order valence-corrected chi connectivity index (χ1v) is 7.34. The summed E-state index contributed by atoms with van der Waals surface area (Å²) in [6, 6.07) is 11.3. The summed E-state index contributed by atoms with van der Waals surface area (Å²) < 4.78 is 2.00. The van der Waals surface area contributed by atoms with Crippen LogP contribution in [0.25, 0.3) is 0 Å². The van der Waals surface area contributed by atoms with Gasteiger partial charge in [0.2, 0.25) is 0 Å². The van der Waals surface area contributed by atoms with Crippen molar-refractivity contribution in [3.63, 3.8) is 0 Å². The largest absolute Gasteiger partial charge is 0.311 e. The lowest BCUT2D eigenvalue weighted by Crippen LogP contribution is -2.22. The van der Waals surface area contributed by atoms with E-state index in [9.17, 15) is 0 Å². The zero-order chi connectivity index (χ0) is 14.5. The van der Waals surface area contributed by atoms with Crippen molar-refractivity contribution in [2.75, 3.05) is 7.05 Å². The molecule has 1 heterocycles. The van der Waals surface area contributed by atoms with Crippen LogP contribution in [0.3, 0.4) is 0 Å². The van der Waals surface area contributed by atoms with Crippen LogP contribution in [0.1, 0.15) is 36.7 Å². The number of hydrogen-bond acceptors (Lipinski definition) is 2. The number of nitrogens with one attached hydrogen (secondary N) is 1. The Labute approximate surface area is 122 Å². The molecule has 0 aliphatic rings. The predicted molar refractivity (Wildman–Crippen MR) is 83.7 cm³/mol. The minimum atomic E-state index is 0.294. The van der Waals surface area contributed by atoms with E-state index in [4.69, 9.17) is 0 Å².